The largest absolute Gasteiger partial charge is 0.416 e. The molecule has 0 saturated carbocycles. The van der Waals surface area contributed by atoms with Crippen LogP contribution in [0.2, 0.25) is 10.0 Å². The number of aromatic nitrogens is 2. The maximum absolute atomic E-state index is 13.0. The lowest BCUT2D eigenvalue weighted by atomic mass is 10.2. The molecular formula is C17H19Cl2F3N6O2S. The summed E-state index contributed by atoms with van der Waals surface area (Å²) < 4.78 is 52.2. The van der Waals surface area contributed by atoms with Gasteiger partial charge in [0.2, 0.25) is 5.91 Å². The quantitative estimate of drug-likeness (QED) is 0.306. The number of carbonyl (C=O) groups is 1. The summed E-state index contributed by atoms with van der Waals surface area (Å²) in [5.74, 6) is -0.903. The van der Waals surface area contributed by atoms with Crippen LogP contribution in [-0.4, -0.2) is 32.0 Å². The number of unbranched alkanes of at least 4 members (excludes halogenated alkanes) is 1. The minimum absolute atomic E-state index is 0.0453. The molecule has 2 rings (SSSR count). The molecule has 0 aliphatic carbocycles. The van der Waals surface area contributed by atoms with Crippen LogP contribution in [0.4, 0.5) is 19.0 Å². The number of benzene rings is 1. The van der Waals surface area contributed by atoms with E-state index in [1.807, 2.05) is 6.92 Å². The van der Waals surface area contributed by atoms with Crippen molar-refractivity contribution < 1.29 is 22.2 Å². The van der Waals surface area contributed by atoms with Gasteiger partial charge in [-0.1, -0.05) is 36.5 Å². The van der Waals surface area contributed by atoms with Crippen LogP contribution in [0.1, 0.15) is 37.4 Å². The zero-order valence-corrected chi connectivity index (χ0v) is 18.7. The normalized spacial score (nSPS) is 13.3. The Morgan fingerprint density at radius 1 is 1.32 bits per heavy atom. The highest BCUT2D eigenvalue weighted by molar-refractivity contribution is 7.84. The number of alkyl halides is 3. The molecule has 170 valence electrons. The molecule has 8 nitrogen and oxygen atoms in total. The molecule has 0 aliphatic heterocycles. The third-order valence-corrected chi connectivity index (χ3v) is 5.57. The van der Waals surface area contributed by atoms with Gasteiger partial charge >= 0.3 is 6.18 Å². The van der Waals surface area contributed by atoms with Gasteiger partial charge in [-0.05, 0) is 18.6 Å². The first-order valence-corrected chi connectivity index (χ1v) is 11.1. The van der Waals surface area contributed by atoms with Crippen LogP contribution in [0.3, 0.4) is 0 Å². The topological polar surface area (TPSA) is 128 Å². The van der Waals surface area contributed by atoms with Crippen LogP contribution in [0.15, 0.2) is 22.1 Å². The van der Waals surface area contributed by atoms with E-state index in [1.165, 1.54) is 6.26 Å². The van der Waals surface area contributed by atoms with E-state index in [0.29, 0.717) is 18.6 Å². The summed E-state index contributed by atoms with van der Waals surface area (Å²) in [6.45, 7) is 1.92. The SMILES string of the molecule is CCCCC(=O)NN=C(N)c1nn(-c2c(Cl)cc(C(F)(F)F)cc2Cl)c(N)c1S(C)=O. The van der Waals surface area contributed by atoms with Crippen molar-refractivity contribution in [2.75, 3.05) is 12.0 Å². The van der Waals surface area contributed by atoms with Gasteiger partial charge in [0, 0.05) is 12.7 Å². The van der Waals surface area contributed by atoms with Crippen LogP contribution in [0, 0.1) is 0 Å². The van der Waals surface area contributed by atoms with E-state index < -0.39 is 32.6 Å². The summed E-state index contributed by atoms with van der Waals surface area (Å²) in [7, 11) is -1.72. The van der Waals surface area contributed by atoms with E-state index >= 15 is 0 Å². The molecule has 0 aliphatic rings. The maximum atomic E-state index is 13.0. The number of amidine groups is 1. The molecule has 2 aromatic rings. The van der Waals surface area contributed by atoms with Gasteiger partial charge in [0.25, 0.3) is 0 Å². The summed E-state index contributed by atoms with van der Waals surface area (Å²) in [6.07, 6.45) is -1.69. The number of carbonyl (C=O) groups excluding carboxylic acids is 1. The van der Waals surface area contributed by atoms with Crippen LogP contribution in [0.25, 0.3) is 5.69 Å². The van der Waals surface area contributed by atoms with Crippen LogP contribution < -0.4 is 16.9 Å². The Morgan fingerprint density at radius 2 is 1.90 bits per heavy atom. The lowest BCUT2D eigenvalue weighted by Gasteiger charge is -2.13. The van der Waals surface area contributed by atoms with Crippen molar-refractivity contribution >= 4 is 51.6 Å². The Morgan fingerprint density at radius 3 is 2.39 bits per heavy atom. The van der Waals surface area contributed by atoms with Gasteiger partial charge in [0.1, 0.15) is 22.1 Å². The van der Waals surface area contributed by atoms with Gasteiger partial charge in [-0.15, -0.1) is 0 Å². The molecule has 1 atom stereocenters. The van der Waals surface area contributed by atoms with E-state index in [4.69, 9.17) is 34.7 Å². The van der Waals surface area contributed by atoms with Crippen molar-refractivity contribution in [1.82, 2.24) is 15.2 Å². The fourth-order valence-electron chi connectivity index (χ4n) is 2.54. The Hall–Kier alpha value is -2.31. The summed E-state index contributed by atoms with van der Waals surface area (Å²) in [5.41, 5.74) is 12.8. The highest BCUT2D eigenvalue weighted by atomic mass is 35.5. The highest BCUT2D eigenvalue weighted by Gasteiger charge is 2.33. The molecule has 0 bridgehead atoms. The van der Waals surface area contributed by atoms with E-state index in [0.717, 1.165) is 11.1 Å². The first-order valence-electron chi connectivity index (χ1n) is 8.79. The number of hydrogen-bond donors (Lipinski definition) is 3. The zero-order valence-electron chi connectivity index (χ0n) is 16.4. The van der Waals surface area contributed by atoms with Gasteiger partial charge < -0.3 is 11.5 Å². The predicted molar refractivity (Wildman–Crippen MR) is 114 cm³/mol. The number of nitrogens with two attached hydrogens (primary N) is 2. The van der Waals surface area contributed by atoms with Gasteiger partial charge in [-0.25, -0.2) is 10.1 Å². The lowest BCUT2D eigenvalue weighted by molar-refractivity contribution is -0.137. The average Bonchev–Trinajstić information content (AvgIpc) is 3.00. The third-order valence-electron chi connectivity index (χ3n) is 4.02. The summed E-state index contributed by atoms with van der Waals surface area (Å²) in [4.78, 5) is 11.7. The van der Waals surface area contributed by atoms with Crippen molar-refractivity contribution in [1.29, 1.82) is 0 Å². The Labute approximate surface area is 188 Å². The van der Waals surface area contributed by atoms with E-state index in [2.05, 4.69) is 15.6 Å². The van der Waals surface area contributed by atoms with Crippen molar-refractivity contribution in [2.24, 2.45) is 10.8 Å². The van der Waals surface area contributed by atoms with Gasteiger partial charge in [-0.3, -0.25) is 9.00 Å². The molecule has 0 spiro atoms. The minimum atomic E-state index is -4.67. The van der Waals surface area contributed by atoms with Crippen LogP contribution in [-0.2, 0) is 21.8 Å². The van der Waals surface area contributed by atoms with Crippen molar-refractivity contribution in [3.05, 3.63) is 33.4 Å². The number of hydrazone groups is 1. The second kappa shape index (κ2) is 9.88. The molecule has 1 heterocycles. The number of nitrogens with zero attached hydrogens (tertiary/aromatic N) is 3. The first-order chi connectivity index (χ1) is 14.4. The fraction of sp³-hybridized carbons (Fsp3) is 0.353. The number of anilines is 1. The van der Waals surface area contributed by atoms with Crippen LogP contribution >= 0.6 is 23.2 Å². The molecule has 0 radical (unpaired) electrons. The van der Waals surface area contributed by atoms with Crippen molar-refractivity contribution in [2.45, 2.75) is 37.3 Å². The number of halogens is 5. The summed E-state index contributed by atoms with van der Waals surface area (Å²) in [5, 5.41) is 7.06. The first kappa shape index (κ1) is 25.0. The molecule has 0 fully saturated rings. The number of hydrogen-bond acceptors (Lipinski definition) is 5. The predicted octanol–water partition coefficient (Wildman–Crippen LogP) is 3.44. The van der Waals surface area contributed by atoms with Crippen molar-refractivity contribution in [3.63, 3.8) is 0 Å². The summed E-state index contributed by atoms with van der Waals surface area (Å²) in [6, 6.07) is 1.33. The monoisotopic (exact) mass is 498 g/mol. The lowest BCUT2D eigenvalue weighted by Crippen LogP contribution is -2.25. The third kappa shape index (κ3) is 5.69. The molecule has 1 unspecified atom stereocenters. The van der Waals surface area contributed by atoms with Gasteiger partial charge in [-0.2, -0.15) is 23.4 Å². The fourth-order valence-corrected chi connectivity index (χ4v) is 3.98. The Bertz CT molecular complexity index is 1030. The standard InChI is InChI=1S/C17H19Cl2F3N6O2S/c1-3-4-5-11(29)25-26-15(23)12-14(31(2)30)16(24)28(27-12)13-9(18)6-8(7-10(13)19)17(20,21)22/h6-7H,3-5,24H2,1-2H3,(H2,23,26)(H,25,29). The van der Waals surface area contributed by atoms with E-state index in [9.17, 15) is 22.2 Å². The molecule has 0 saturated heterocycles. The Kier molecular flexibility index (Phi) is 7.95. The molecule has 5 N–H and O–H groups in total. The second-order valence-corrected chi connectivity index (χ2v) is 8.48. The molecule has 1 aromatic heterocycles. The molecular weight excluding hydrogens is 480 g/mol. The molecule has 1 amide bonds. The number of amides is 1. The smallest absolute Gasteiger partial charge is 0.383 e. The number of rotatable bonds is 7. The summed E-state index contributed by atoms with van der Waals surface area (Å²) >= 11 is 12.0. The van der Waals surface area contributed by atoms with Crippen LogP contribution in [0.5, 0.6) is 0 Å². The molecule has 31 heavy (non-hydrogen) atoms. The molecule has 14 heteroatoms. The maximum Gasteiger partial charge on any atom is 0.416 e. The minimum Gasteiger partial charge on any atom is -0.383 e. The second-order valence-electron chi connectivity index (χ2n) is 6.35. The Balaban J connectivity index is 2.56. The average molecular weight is 499 g/mol. The van der Waals surface area contributed by atoms with E-state index in [1.54, 1.807) is 0 Å². The van der Waals surface area contributed by atoms with Gasteiger partial charge in [0.15, 0.2) is 5.84 Å². The highest BCUT2D eigenvalue weighted by Crippen LogP contribution is 2.39. The molecule has 1 aromatic carbocycles. The van der Waals surface area contributed by atoms with E-state index in [-0.39, 0.29) is 40.3 Å². The van der Waals surface area contributed by atoms with Crippen molar-refractivity contribution in [3.8, 4) is 5.69 Å². The zero-order chi connectivity index (χ0) is 23.5. The number of nitrogens with one attached hydrogen (secondary N) is 1. The number of nitrogen functional groups attached to an aromatic ring is 1. The van der Waals surface area contributed by atoms with Gasteiger partial charge in [0.05, 0.1) is 26.4 Å².